The quantitative estimate of drug-likeness (QED) is 0.486. The van der Waals surface area contributed by atoms with Gasteiger partial charge in [0.15, 0.2) is 0 Å². The second-order valence-corrected chi connectivity index (χ2v) is 8.75. The van der Waals surface area contributed by atoms with Crippen LogP contribution in [0.1, 0.15) is 68.6 Å². The van der Waals surface area contributed by atoms with Crippen molar-refractivity contribution in [3.8, 4) is 0 Å². The zero-order valence-corrected chi connectivity index (χ0v) is 18.9. The van der Waals surface area contributed by atoms with Crippen LogP contribution in [0.2, 0.25) is 0 Å². The Balaban J connectivity index is 1.42. The summed E-state index contributed by atoms with van der Waals surface area (Å²) >= 11 is 0. The second kappa shape index (κ2) is 9.74. The maximum absolute atomic E-state index is 12.9. The number of ether oxygens (including phenoxy) is 2. The molecule has 3 N–H and O–H groups in total. The van der Waals surface area contributed by atoms with Gasteiger partial charge in [0.05, 0.1) is 29.1 Å². The third-order valence-corrected chi connectivity index (χ3v) is 6.56. The van der Waals surface area contributed by atoms with Crippen LogP contribution in [0, 0.1) is 5.41 Å². The summed E-state index contributed by atoms with van der Waals surface area (Å²) in [6.45, 7) is 4.83. The second-order valence-electron chi connectivity index (χ2n) is 8.75. The van der Waals surface area contributed by atoms with Gasteiger partial charge in [0.1, 0.15) is 0 Å². The van der Waals surface area contributed by atoms with E-state index in [4.69, 9.17) is 20.3 Å². The number of rotatable bonds is 7. The molecule has 9 heteroatoms. The Labute approximate surface area is 192 Å². The molecule has 0 unspecified atom stereocenters. The van der Waals surface area contributed by atoms with Gasteiger partial charge < -0.3 is 20.5 Å². The largest absolute Gasteiger partial charge is 0.462 e. The van der Waals surface area contributed by atoms with E-state index in [0.29, 0.717) is 55.8 Å². The lowest BCUT2D eigenvalue weighted by Gasteiger charge is -2.36. The van der Waals surface area contributed by atoms with Gasteiger partial charge in [-0.15, -0.1) is 0 Å². The average molecular weight is 455 g/mol. The molecule has 3 heterocycles. The van der Waals surface area contributed by atoms with Crippen molar-refractivity contribution in [1.82, 2.24) is 15.1 Å². The summed E-state index contributed by atoms with van der Waals surface area (Å²) < 4.78 is 12.9. The summed E-state index contributed by atoms with van der Waals surface area (Å²) in [5.74, 6) is -1.06. The first-order valence-electron chi connectivity index (χ1n) is 11.4. The van der Waals surface area contributed by atoms with E-state index in [9.17, 15) is 14.4 Å². The van der Waals surface area contributed by atoms with Crippen LogP contribution in [0.25, 0.3) is 0 Å². The normalized spacial score (nSPS) is 17.2. The maximum atomic E-state index is 12.9. The average Bonchev–Trinajstić information content (AvgIpc) is 3.10. The highest BCUT2D eigenvalue weighted by Gasteiger charge is 2.39. The number of carbonyl (C=O) groups excluding carboxylic acids is 3. The van der Waals surface area contributed by atoms with E-state index in [1.165, 1.54) is 24.3 Å². The number of benzene rings is 1. The summed E-state index contributed by atoms with van der Waals surface area (Å²) in [4.78, 5) is 36.3. The fourth-order valence-electron chi connectivity index (χ4n) is 4.59. The van der Waals surface area contributed by atoms with Gasteiger partial charge >= 0.3 is 5.97 Å². The fourth-order valence-corrected chi connectivity index (χ4v) is 4.59. The predicted octanol–water partition coefficient (Wildman–Crippen LogP) is 1.87. The SMILES string of the molecule is CCc1nn(CCCOC(=O)c2ccc(C(N)=O)cc2)c2c1C(=O)NCC1(CCOCC1)C2. The molecule has 1 spiro atoms. The van der Waals surface area contributed by atoms with E-state index in [2.05, 4.69) is 5.32 Å². The van der Waals surface area contributed by atoms with Crippen molar-refractivity contribution in [2.45, 2.75) is 45.6 Å². The van der Waals surface area contributed by atoms with Crippen LogP contribution >= 0.6 is 0 Å². The first kappa shape index (κ1) is 23.0. The lowest BCUT2D eigenvalue weighted by atomic mass is 9.76. The minimum Gasteiger partial charge on any atom is -0.462 e. The summed E-state index contributed by atoms with van der Waals surface area (Å²) in [5, 5.41) is 7.84. The first-order valence-corrected chi connectivity index (χ1v) is 11.4. The van der Waals surface area contributed by atoms with Crippen molar-refractivity contribution in [3.63, 3.8) is 0 Å². The van der Waals surface area contributed by atoms with Gasteiger partial charge in [0, 0.05) is 38.3 Å². The standard InChI is InChI=1S/C24H30N4O5/c1-2-18-20-19(14-24(15-26-22(20)30)8-12-32-13-9-24)28(27-18)10-3-11-33-23(31)17-6-4-16(5-7-17)21(25)29/h4-7H,2-3,8-15H2,1H3,(H2,25,29)(H,26,30). The summed E-state index contributed by atoms with van der Waals surface area (Å²) in [6.07, 6.45) is 3.84. The van der Waals surface area contributed by atoms with Gasteiger partial charge in [0.2, 0.25) is 5.91 Å². The topological polar surface area (TPSA) is 126 Å². The molecule has 0 aliphatic carbocycles. The van der Waals surface area contributed by atoms with Crippen molar-refractivity contribution >= 4 is 17.8 Å². The third-order valence-electron chi connectivity index (χ3n) is 6.56. The molecule has 0 bridgehead atoms. The lowest BCUT2D eigenvalue weighted by Crippen LogP contribution is -2.40. The van der Waals surface area contributed by atoms with Crippen molar-refractivity contribution in [2.75, 3.05) is 26.4 Å². The van der Waals surface area contributed by atoms with Crippen LogP contribution in [0.3, 0.4) is 0 Å². The van der Waals surface area contributed by atoms with E-state index in [1.807, 2.05) is 11.6 Å². The molecule has 1 aromatic carbocycles. The van der Waals surface area contributed by atoms with E-state index < -0.39 is 11.9 Å². The number of nitrogens with two attached hydrogens (primary N) is 1. The zero-order chi connectivity index (χ0) is 23.4. The van der Waals surface area contributed by atoms with Gasteiger partial charge in [-0.25, -0.2) is 4.79 Å². The molecule has 2 aromatic rings. The Bertz CT molecular complexity index is 1040. The van der Waals surface area contributed by atoms with Crippen LogP contribution in [0.5, 0.6) is 0 Å². The van der Waals surface area contributed by atoms with Crippen LogP contribution in [-0.4, -0.2) is 53.9 Å². The molecular formula is C24H30N4O5. The number of fused-ring (bicyclic) bond motifs is 1. The first-order chi connectivity index (χ1) is 15.9. The van der Waals surface area contributed by atoms with Gasteiger partial charge in [-0.1, -0.05) is 6.92 Å². The number of aryl methyl sites for hydroxylation is 2. The minimum atomic E-state index is -0.545. The third kappa shape index (κ3) is 4.93. The van der Waals surface area contributed by atoms with Crippen molar-refractivity contribution in [3.05, 3.63) is 52.3 Å². The molecule has 1 fully saturated rings. The molecule has 2 aliphatic heterocycles. The summed E-state index contributed by atoms with van der Waals surface area (Å²) in [6, 6.07) is 6.05. The Morgan fingerprint density at radius 2 is 1.91 bits per heavy atom. The maximum Gasteiger partial charge on any atom is 0.338 e. The molecule has 1 saturated heterocycles. The van der Waals surface area contributed by atoms with Crippen molar-refractivity contribution < 1.29 is 23.9 Å². The van der Waals surface area contributed by atoms with Crippen molar-refractivity contribution in [1.29, 1.82) is 0 Å². The van der Waals surface area contributed by atoms with E-state index in [-0.39, 0.29) is 17.9 Å². The summed E-state index contributed by atoms with van der Waals surface area (Å²) in [5.41, 5.74) is 8.39. The monoisotopic (exact) mass is 454 g/mol. The van der Waals surface area contributed by atoms with Crippen LogP contribution in [-0.2, 0) is 28.9 Å². The number of nitrogens with one attached hydrogen (secondary N) is 1. The highest BCUT2D eigenvalue weighted by Crippen LogP contribution is 2.37. The van der Waals surface area contributed by atoms with Gasteiger partial charge in [-0.2, -0.15) is 5.10 Å². The highest BCUT2D eigenvalue weighted by molar-refractivity contribution is 5.97. The van der Waals surface area contributed by atoms with Gasteiger partial charge in [-0.3, -0.25) is 14.3 Å². The molecule has 1 aromatic heterocycles. The Morgan fingerprint density at radius 3 is 2.58 bits per heavy atom. The molecule has 4 rings (SSSR count). The number of nitrogens with zero attached hydrogens (tertiary/aromatic N) is 2. The minimum absolute atomic E-state index is 0.00844. The van der Waals surface area contributed by atoms with Crippen molar-refractivity contribution in [2.24, 2.45) is 11.1 Å². The van der Waals surface area contributed by atoms with E-state index >= 15 is 0 Å². The Morgan fingerprint density at radius 1 is 1.21 bits per heavy atom. The molecule has 176 valence electrons. The molecule has 0 saturated carbocycles. The van der Waals surface area contributed by atoms with Gasteiger partial charge in [0.25, 0.3) is 5.91 Å². The lowest BCUT2D eigenvalue weighted by molar-refractivity contribution is 0.0152. The summed E-state index contributed by atoms with van der Waals surface area (Å²) in [7, 11) is 0. The number of esters is 1. The highest BCUT2D eigenvalue weighted by atomic mass is 16.5. The molecule has 9 nitrogen and oxygen atoms in total. The zero-order valence-electron chi connectivity index (χ0n) is 18.9. The smallest absolute Gasteiger partial charge is 0.338 e. The number of aromatic nitrogens is 2. The molecule has 0 radical (unpaired) electrons. The number of amides is 2. The predicted molar refractivity (Wildman–Crippen MR) is 120 cm³/mol. The van der Waals surface area contributed by atoms with Gasteiger partial charge in [-0.05, 0) is 55.4 Å². The van der Waals surface area contributed by atoms with E-state index in [0.717, 1.165) is 30.7 Å². The fraction of sp³-hybridized carbons (Fsp3) is 0.500. The Hall–Kier alpha value is -3.20. The number of primary amides is 1. The van der Waals surface area contributed by atoms with Crippen LogP contribution < -0.4 is 11.1 Å². The van der Waals surface area contributed by atoms with Crippen LogP contribution in [0.4, 0.5) is 0 Å². The number of carbonyl (C=O) groups is 3. The Kier molecular flexibility index (Phi) is 6.78. The number of hydrogen-bond acceptors (Lipinski definition) is 6. The molecule has 0 atom stereocenters. The molecule has 2 aliphatic rings. The molecule has 33 heavy (non-hydrogen) atoms. The number of hydrogen-bond donors (Lipinski definition) is 2. The van der Waals surface area contributed by atoms with Crippen LogP contribution in [0.15, 0.2) is 24.3 Å². The molecule has 2 amide bonds. The van der Waals surface area contributed by atoms with E-state index in [1.54, 1.807) is 0 Å². The molecular weight excluding hydrogens is 424 g/mol.